The summed E-state index contributed by atoms with van der Waals surface area (Å²) in [6.45, 7) is 2.03. The van der Waals surface area contributed by atoms with Crippen molar-refractivity contribution in [2.24, 2.45) is 0 Å². The minimum Gasteiger partial charge on any atom is -0.323 e. The highest BCUT2D eigenvalue weighted by atomic mass is 16.1. The SMILES string of the molecule is Cc1ccc(C=CC(=O)Nc2ccc(-n3cnnn3)cc2)cc1. The maximum absolute atomic E-state index is 11.9. The molecule has 3 rings (SSSR count). The Hall–Kier alpha value is -3.28. The van der Waals surface area contributed by atoms with Crippen LogP contribution >= 0.6 is 0 Å². The molecule has 0 radical (unpaired) electrons. The monoisotopic (exact) mass is 305 g/mol. The Morgan fingerprint density at radius 1 is 1.09 bits per heavy atom. The summed E-state index contributed by atoms with van der Waals surface area (Å²) in [6, 6.07) is 15.2. The van der Waals surface area contributed by atoms with E-state index in [1.807, 2.05) is 43.3 Å². The number of tetrazole rings is 1. The van der Waals surface area contributed by atoms with Crippen LogP contribution in [0.4, 0.5) is 5.69 Å². The highest BCUT2D eigenvalue weighted by Gasteiger charge is 2.00. The molecule has 2 aromatic carbocycles. The summed E-state index contributed by atoms with van der Waals surface area (Å²) < 4.78 is 1.54. The topological polar surface area (TPSA) is 72.7 Å². The van der Waals surface area contributed by atoms with Gasteiger partial charge < -0.3 is 5.32 Å². The number of aryl methyl sites for hydroxylation is 1. The number of rotatable bonds is 4. The average molecular weight is 305 g/mol. The Morgan fingerprint density at radius 3 is 2.48 bits per heavy atom. The number of carbonyl (C=O) groups is 1. The molecule has 0 aliphatic rings. The molecule has 1 heterocycles. The standard InChI is InChI=1S/C17H15N5O/c1-13-2-4-14(5-3-13)6-11-17(23)19-15-7-9-16(10-8-15)22-12-18-20-21-22/h2-12H,1H3,(H,19,23). The zero-order valence-corrected chi connectivity index (χ0v) is 12.5. The van der Waals surface area contributed by atoms with E-state index in [2.05, 4.69) is 20.8 Å². The van der Waals surface area contributed by atoms with Crippen molar-refractivity contribution in [3.05, 3.63) is 72.1 Å². The molecule has 23 heavy (non-hydrogen) atoms. The number of aromatic nitrogens is 4. The van der Waals surface area contributed by atoms with Crippen molar-refractivity contribution in [2.75, 3.05) is 5.32 Å². The van der Waals surface area contributed by atoms with Crippen molar-refractivity contribution in [1.29, 1.82) is 0 Å². The lowest BCUT2D eigenvalue weighted by atomic mass is 10.1. The third kappa shape index (κ3) is 3.88. The van der Waals surface area contributed by atoms with Crippen LogP contribution in [0.5, 0.6) is 0 Å². The predicted molar refractivity (Wildman–Crippen MR) is 88.0 cm³/mol. The van der Waals surface area contributed by atoms with Crippen molar-refractivity contribution in [3.8, 4) is 5.69 Å². The molecule has 0 bridgehead atoms. The summed E-state index contributed by atoms with van der Waals surface area (Å²) in [4.78, 5) is 11.9. The summed E-state index contributed by atoms with van der Waals surface area (Å²) in [5, 5.41) is 13.8. The Labute approximate surface area is 133 Å². The molecule has 1 aromatic heterocycles. The fourth-order valence-corrected chi connectivity index (χ4v) is 2.01. The number of benzene rings is 2. The number of nitrogens with zero attached hydrogens (tertiary/aromatic N) is 4. The van der Waals surface area contributed by atoms with Gasteiger partial charge in [0, 0.05) is 11.8 Å². The van der Waals surface area contributed by atoms with Crippen LogP contribution in [-0.2, 0) is 4.79 Å². The third-order valence-corrected chi connectivity index (χ3v) is 3.25. The van der Waals surface area contributed by atoms with Gasteiger partial charge in [0.05, 0.1) is 5.69 Å². The van der Waals surface area contributed by atoms with Gasteiger partial charge in [-0.15, -0.1) is 5.10 Å². The van der Waals surface area contributed by atoms with Gasteiger partial charge in [0.15, 0.2) is 0 Å². The molecular weight excluding hydrogens is 290 g/mol. The van der Waals surface area contributed by atoms with Crippen molar-refractivity contribution in [3.63, 3.8) is 0 Å². The molecule has 1 amide bonds. The highest BCUT2D eigenvalue weighted by Crippen LogP contribution is 2.12. The third-order valence-electron chi connectivity index (χ3n) is 3.25. The second-order valence-electron chi connectivity index (χ2n) is 5.03. The molecule has 0 aliphatic carbocycles. The Balaban J connectivity index is 1.62. The number of hydrogen-bond acceptors (Lipinski definition) is 4. The zero-order chi connectivity index (χ0) is 16.1. The highest BCUT2D eigenvalue weighted by molar-refractivity contribution is 6.01. The minimum atomic E-state index is -0.180. The lowest BCUT2D eigenvalue weighted by Gasteiger charge is -2.04. The molecule has 0 unspecified atom stereocenters. The second kappa shape index (κ2) is 6.65. The maximum atomic E-state index is 11.9. The molecule has 0 saturated heterocycles. The Bertz CT molecular complexity index is 805. The number of amides is 1. The van der Waals surface area contributed by atoms with Gasteiger partial charge in [-0.05, 0) is 53.3 Å². The van der Waals surface area contributed by atoms with Gasteiger partial charge in [0.1, 0.15) is 6.33 Å². The predicted octanol–water partition coefficient (Wildman–Crippen LogP) is 2.62. The van der Waals surface area contributed by atoms with E-state index in [0.29, 0.717) is 5.69 Å². The number of nitrogens with one attached hydrogen (secondary N) is 1. The van der Waals surface area contributed by atoms with E-state index in [1.54, 1.807) is 22.9 Å². The average Bonchev–Trinajstić information content (AvgIpc) is 3.09. The molecule has 0 spiro atoms. The van der Waals surface area contributed by atoms with E-state index in [0.717, 1.165) is 11.3 Å². The van der Waals surface area contributed by atoms with E-state index >= 15 is 0 Å². The van der Waals surface area contributed by atoms with E-state index in [4.69, 9.17) is 0 Å². The number of hydrogen-bond donors (Lipinski definition) is 1. The normalized spacial score (nSPS) is 10.8. The fourth-order valence-electron chi connectivity index (χ4n) is 2.01. The van der Waals surface area contributed by atoms with Gasteiger partial charge in [-0.3, -0.25) is 4.79 Å². The maximum Gasteiger partial charge on any atom is 0.248 e. The lowest BCUT2D eigenvalue weighted by molar-refractivity contribution is -0.111. The largest absolute Gasteiger partial charge is 0.323 e. The van der Waals surface area contributed by atoms with Crippen molar-refractivity contribution in [2.45, 2.75) is 6.92 Å². The Morgan fingerprint density at radius 2 is 1.83 bits per heavy atom. The van der Waals surface area contributed by atoms with E-state index in [1.165, 1.54) is 18.0 Å². The lowest BCUT2D eigenvalue weighted by Crippen LogP contribution is -2.07. The first-order chi connectivity index (χ1) is 11.2. The van der Waals surface area contributed by atoms with Gasteiger partial charge in [-0.25, -0.2) is 4.68 Å². The molecule has 0 atom stereocenters. The molecule has 6 nitrogen and oxygen atoms in total. The molecule has 1 N–H and O–H groups in total. The first-order valence-electron chi connectivity index (χ1n) is 7.10. The van der Waals surface area contributed by atoms with Crippen LogP contribution in [0.3, 0.4) is 0 Å². The zero-order valence-electron chi connectivity index (χ0n) is 12.5. The van der Waals surface area contributed by atoms with Crippen molar-refractivity contribution in [1.82, 2.24) is 20.2 Å². The van der Waals surface area contributed by atoms with Crippen molar-refractivity contribution < 1.29 is 4.79 Å². The van der Waals surface area contributed by atoms with Crippen LogP contribution in [0.2, 0.25) is 0 Å². The van der Waals surface area contributed by atoms with Crippen LogP contribution in [0, 0.1) is 6.92 Å². The molecule has 114 valence electrons. The molecule has 3 aromatic rings. The van der Waals surface area contributed by atoms with Gasteiger partial charge in [-0.1, -0.05) is 29.8 Å². The number of anilines is 1. The van der Waals surface area contributed by atoms with Gasteiger partial charge in [-0.2, -0.15) is 0 Å². The second-order valence-corrected chi connectivity index (χ2v) is 5.03. The summed E-state index contributed by atoms with van der Waals surface area (Å²) in [5.41, 5.74) is 3.71. The van der Waals surface area contributed by atoms with Crippen LogP contribution in [0.15, 0.2) is 60.9 Å². The summed E-state index contributed by atoms with van der Waals surface area (Å²) >= 11 is 0. The van der Waals surface area contributed by atoms with Crippen LogP contribution < -0.4 is 5.32 Å². The van der Waals surface area contributed by atoms with Gasteiger partial charge in [0.2, 0.25) is 5.91 Å². The van der Waals surface area contributed by atoms with E-state index in [9.17, 15) is 4.79 Å². The minimum absolute atomic E-state index is 0.180. The first-order valence-corrected chi connectivity index (χ1v) is 7.10. The molecular formula is C17H15N5O. The van der Waals surface area contributed by atoms with Crippen molar-refractivity contribution >= 4 is 17.7 Å². The van der Waals surface area contributed by atoms with Gasteiger partial charge in [0.25, 0.3) is 0 Å². The van der Waals surface area contributed by atoms with E-state index < -0.39 is 0 Å². The molecule has 6 heteroatoms. The summed E-state index contributed by atoms with van der Waals surface area (Å²) in [7, 11) is 0. The smallest absolute Gasteiger partial charge is 0.248 e. The van der Waals surface area contributed by atoms with Crippen LogP contribution in [0.25, 0.3) is 11.8 Å². The summed E-state index contributed by atoms with van der Waals surface area (Å²) in [5.74, 6) is -0.180. The van der Waals surface area contributed by atoms with E-state index in [-0.39, 0.29) is 5.91 Å². The molecule has 0 aliphatic heterocycles. The van der Waals surface area contributed by atoms with Gasteiger partial charge >= 0.3 is 0 Å². The van der Waals surface area contributed by atoms with Crippen LogP contribution in [-0.4, -0.2) is 26.1 Å². The first kappa shape index (κ1) is 14.6. The fraction of sp³-hybridized carbons (Fsp3) is 0.0588. The van der Waals surface area contributed by atoms with Crippen LogP contribution in [0.1, 0.15) is 11.1 Å². The molecule has 0 fully saturated rings. The number of carbonyl (C=O) groups excluding carboxylic acids is 1. The summed E-state index contributed by atoms with van der Waals surface area (Å²) in [6.07, 6.45) is 4.81. The Kier molecular flexibility index (Phi) is 4.24. The quantitative estimate of drug-likeness (QED) is 0.752. The molecule has 0 saturated carbocycles.